The number of H-pyrrole nitrogens is 1. The van der Waals surface area contributed by atoms with Crippen molar-refractivity contribution >= 4 is 5.91 Å². The molecule has 7 nitrogen and oxygen atoms in total. The molecule has 7 heteroatoms. The van der Waals surface area contributed by atoms with Gasteiger partial charge in [-0.25, -0.2) is 9.97 Å². The first-order valence-electron chi connectivity index (χ1n) is 8.48. The highest BCUT2D eigenvalue weighted by molar-refractivity contribution is 5.92. The van der Waals surface area contributed by atoms with E-state index < -0.39 is 0 Å². The van der Waals surface area contributed by atoms with Crippen molar-refractivity contribution in [2.75, 3.05) is 13.1 Å². The molecule has 2 aromatic rings. The topological polar surface area (TPSA) is 83.9 Å². The summed E-state index contributed by atoms with van der Waals surface area (Å²) in [5, 5.41) is 0. The second-order valence-electron chi connectivity index (χ2n) is 6.79. The number of rotatable bonds is 3. The molecule has 0 unspecified atom stereocenters. The number of piperidine rings is 1. The van der Waals surface area contributed by atoms with Crippen molar-refractivity contribution in [1.82, 2.24) is 24.4 Å². The highest BCUT2D eigenvalue weighted by Gasteiger charge is 2.30. The van der Waals surface area contributed by atoms with Gasteiger partial charge < -0.3 is 14.5 Å². The Bertz CT molecular complexity index is 812. The number of hydrogen-bond donors (Lipinski definition) is 1. The van der Waals surface area contributed by atoms with E-state index in [-0.39, 0.29) is 17.2 Å². The average Bonchev–Trinajstić information content (AvgIpc) is 3.35. The SMILES string of the molecule is Cn1cncc1C1CCN(C(=O)c2cc(=O)[nH]c(C3CC3)n2)CC1. The smallest absolute Gasteiger partial charge is 0.272 e. The maximum absolute atomic E-state index is 12.7. The molecule has 2 fully saturated rings. The second kappa shape index (κ2) is 5.89. The fraction of sp³-hybridized carbons (Fsp3) is 0.529. The maximum Gasteiger partial charge on any atom is 0.272 e. The lowest BCUT2D eigenvalue weighted by atomic mass is 9.93. The summed E-state index contributed by atoms with van der Waals surface area (Å²) in [5.41, 5.74) is 1.26. The van der Waals surface area contributed by atoms with E-state index in [0.717, 1.165) is 25.7 Å². The first-order valence-corrected chi connectivity index (χ1v) is 8.48. The van der Waals surface area contributed by atoms with Crippen LogP contribution in [0.4, 0.5) is 0 Å². The summed E-state index contributed by atoms with van der Waals surface area (Å²) in [4.78, 5) is 37.6. The lowest BCUT2D eigenvalue weighted by molar-refractivity contribution is 0.0705. The average molecular weight is 327 g/mol. The molecule has 1 aliphatic carbocycles. The van der Waals surface area contributed by atoms with Crippen LogP contribution in [0.25, 0.3) is 0 Å². The highest BCUT2D eigenvalue weighted by atomic mass is 16.2. The van der Waals surface area contributed by atoms with E-state index >= 15 is 0 Å². The van der Waals surface area contributed by atoms with Crippen molar-refractivity contribution in [2.45, 2.75) is 37.5 Å². The number of carbonyl (C=O) groups is 1. The summed E-state index contributed by atoms with van der Waals surface area (Å²) >= 11 is 0. The fourth-order valence-corrected chi connectivity index (χ4v) is 3.44. The Kier molecular flexibility index (Phi) is 3.70. The summed E-state index contributed by atoms with van der Waals surface area (Å²) in [6.45, 7) is 1.36. The normalized spacial score (nSPS) is 18.8. The summed E-state index contributed by atoms with van der Waals surface area (Å²) in [6, 6.07) is 1.32. The minimum absolute atomic E-state index is 0.133. The van der Waals surface area contributed by atoms with E-state index in [0.29, 0.717) is 30.7 Å². The van der Waals surface area contributed by atoms with E-state index in [2.05, 4.69) is 15.0 Å². The van der Waals surface area contributed by atoms with Crippen LogP contribution in [0.3, 0.4) is 0 Å². The Balaban J connectivity index is 1.46. The quantitative estimate of drug-likeness (QED) is 0.923. The molecular formula is C17H21N5O2. The lowest BCUT2D eigenvalue weighted by Gasteiger charge is -2.31. The summed E-state index contributed by atoms with van der Waals surface area (Å²) < 4.78 is 2.04. The zero-order valence-electron chi connectivity index (χ0n) is 13.7. The molecule has 0 bridgehead atoms. The van der Waals surface area contributed by atoms with Crippen molar-refractivity contribution in [3.63, 3.8) is 0 Å². The Morgan fingerprint density at radius 2 is 1.96 bits per heavy atom. The number of nitrogens with one attached hydrogen (secondary N) is 1. The monoisotopic (exact) mass is 327 g/mol. The third kappa shape index (κ3) is 2.86. The van der Waals surface area contributed by atoms with Crippen molar-refractivity contribution in [3.05, 3.63) is 46.2 Å². The molecule has 126 valence electrons. The van der Waals surface area contributed by atoms with E-state index in [1.54, 1.807) is 0 Å². The zero-order chi connectivity index (χ0) is 16.7. The van der Waals surface area contributed by atoms with Crippen LogP contribution in [-0.2, 0) is 7.05 Å². The van der Waals surface area contributed by atoms with Crippen LogP contribution in [0, 0.1) is 0 Å². The Morgan fingerprint density at radius 1 is 1.21 bits per heavy atom. The van der Waals surface area contributed by atoms with Crippen LogP contribution < -0.4 is 5.56 Å². The van der Waals surface area contributed by atoms with Crippen molar-refractivity contribution in [3.8, 4) is 0 Å². The first-order chi connectivity index (χ1) is 11.6. The Morgan fingerprint density at radius 3 is 2.58 bits per heavy atom. The van der Waals surface area contributed by atoms with Crippen molar-refractivity contribution in [1.29, 1.82) is 0 Å². The molecule has 24 heavy (non-hydrogen) atoms. The third-order valence-electron chi connectivity index (χ3n) is 5.00. The van der Waals surface area contributed by atoms with Crippen LogP contribution in [0.2, 0.25) is 0 Å². The van der Waals surface area contributed by atoms with Gasteiger partial charge in [0.15, 0.2) is 0 Å². The molecule has 1 amide bonds. The van der Waals surface area contributed by atoms with Gasteiger partial charge in [0.2, 0.25) is 0 Å². The molecule has 2 aliphatic rings. The Labute approximate surface area is 139 Å². The van der Waals surface area contributed by atoms with Gasteiger partial charge in [0.1, 0.15) is 11.5 Å². The van der Waals surface area contributed by atoms with Crippen LogP contribution in [0.1, 0.15) is 59.5 Å². The number of nitrogens with zero attached hydrogens (tertiary/aromatic N) is 4. The molecular weight excluding hydrogens is 306 g/mol. The number of aromatic nitrogens is 4. The molecule has 4 rings (SSSR count). The van der Waals surface area contributed by atoms with Gasteiger partial charge in [-0.1, -0.05) is 0 Å². The van der Waals surface area contributed by atoms with Gasteiger partial charge in [-0.2, -0.15) is 0 Å². The number of hydrogen-bond acceptors (Lipinski definition) is 4. The third-order valence-corrected chi connectivity index (χ3v) is 5.00. The predicted octanol–water partition coefficient (Wildman–Crippen LogP) is 1.40. The molecule has 2 aromatic heterocycles. The molecule has 1 saturated carbocycles. The molecule has 1 N–H and O–H groups in total. The molecule has 0 aromatic carbocycles. The molecule has 1 saturated heterocycles. The van der Waals surface area contributed by atoms with Crippen LogP contribution in [0.5, 0.6) is 0 Å². The largest absolute Gasteiger partial charge is 0.337 e. The fourth-order valence-electron chi connectivity index (χ4n) is 3.44. The van der Waals surface area contributed by atoms with Crippen molar-refractivity contribution in [2.24, 2.45) is 7.05 Å². The molecule has 0 spiro atoms. The van der Waals surface area contributed by atoms with Crippen molar-refractivity contribution < 1.29 is 4.79 Å². The minimum Gasteiger partial charge on any atom is -0.337 e. The van der Waals surface area contributed by atoms with E-state index in [4.69, 9.17) is 0 Å². The Hall–Kier alpha value is -2.44. The number of imidazole rings is 1. The number of aryl methyl sites for hydroxylation is 1. The molecule has 0 atom stereocenters. The van der Waals surface area contributed by atoms with Gasteiger partial charge in [-0.05, 0) is 25.7 Å². The van der Waals surface area contributed by atoms with E-state index in [1.165, 1.54) is 11.8 Å². The number of likely N-dealkylation sites (tertiary alicyclic amines) is 1. The zero-order valence-corrected chi connectivity index (χ0v) is 13.7. The van der Waals surface area contributed by atoms with Gasteiger partial charge in [-0.15, -0.1) is 0 Å². The molecule has 3 heterocycles. The number of aromatic amines is 1. The molecule has 1 aliphatic heterocycles. The summed E-state index contributed by atoms with van der Waals surface area (Å²) in [5.74, 6) is 1.28. The number of amides is 1. The maximum atomic E-state index is 12.7. The second-order valence-corrected chi connectivity index (χ2v) is 6.79. The van der Waals surface area contributed by atoms with Gasteiger partial charge in [-0.3, -0.25) is 9.59 Å². The van der Waals surface area contributed by atoms with Crippen LogP contribution in [0.15, 0.2) is 23.4 Å². The van der Waals surface area contributed by atoms with Gasteiger partial charge in [0.05, 0.1) is 6.33 Å². The molecule has 0 radical (unpaired) electrons. The first kappa shape index (κ1) is 15.1. The van der Waals surface area contributed by atoms with Gasteiger partial charge in [0, 0.05) is 49.9 Å². The predicted molar refractivity (Wildman–Crippen MR) is 87.9 cm³/mol. The van der Waals surface area contributed by atoms with Gasteiger partial charge >= 0.3 is 0 Å². The van der Waals surface area contributed by atoms with E-state index in [1.807, 2.05) is 29.0 Å². The standard InChI is InChI=1S/C17H21N5O2/c1-21-10-18-9-14(21)11-4-6-22(7-5-11)17(24)13-8-15(23)20-16(19-13)12-2-3-12/h8-12H,2-7H2,1H3,(H,19,20,23). The van der Waals surface area contributed by atoms with E-state index in [9.17, 15) is 9.59 Å². The van der Waals surface area contributed by atoms with Gasteiger partial charge in [0.25, 0.3) is 11.5 Å². The highest BCUT2D eigenvalue weighted by Crippen LogP contribution is 2.37. The number of carbonyl (C=O) groups excluding carboxylic acids is 1. The summed E-state index contributed by atoms with van der Waals surface area (Å²) in [6.07, 6.45) is 7.61. The lowest BCUT2D eigenvalue weighted by Crippen LogP contribution is -2.39. The van der Waals surface area contributed by atoms with Crippen LogP contribution >= 0.6 is 0 Å². The summed E-state index contributed by atoms with van der Waals surface area (Å²) in [7, 11) is 2.00. The van der Waals surface area contributed by atoms with Crippen LogP contribution in [-0.4, -0.2) is 43.4 Å². The minimum atomic E-state index is -0.236.